The quantitative estimate of drug-likeness (QED) is 0.901. The van der Waals surface area contributed by atoms with E-state index in [0.717, 1.165) is 17.8 Å². The first-order chi connectivity index (χ1) is 11.1. The Morgan fingerprint density at radius 1 is 1.39 bits per heavy atom. The maximum atomic E-state index is 11.9. The third kappa shape index (κ3) is 3.89. The standard InChI is InChI=1S/C17H21N3O2S/c1-11(16-12(2)18-10-23-16)13-3-5-14(6-4-13)19-17(21)20-15-7-8-22-9-15/h3-6,10-11,15H,7-9H2,1-2H3,(H2,19,20,21)/t11?,15-/m0/s1. The van der Waals surface area contributed by atoms with Crippen LogP contribution in [-0.2, 0) is 4.74 Å². The maximum absolute atomic E-state index is 11.9. The van der Waals surface area contributed by atoms with Crippen molar-refractivity contribution in [3.8, 4) is 0 Å². The normalized spacial score (nSPS) is 18.6. The highest BCUT2D eigenvalue weighted by molar-refractivity contribution is 7.09. The highest BCUT2D eigenvalue weighted by Crippen LogP contribution is 2.30. The summed E-state index contributed by atoms with van der Waals surface area (Å²) in [5, 5.41) is 5.78. The van der Waals surface area contributed by atoms with E-state index < -0.39 is 0 Å². The zero-order valence-corrected chi connectivity index (χ0v) is 14.2. The van der Waals surface area contributed by atoms with Gasteiger partial charge in [-0.3, -0.25) is 0 Å². The van der Waals surface area contributed by atoms with Crippen LogP contribution in [0.2, 0.25) is 0 Å². The SMILES string of the molecule is Cc1ncsc1C(C)c1ccc(NC(=O)N[C@H]2CCOC2)cc1. The van der Waals surface area contributed by atoms with Crippen LogP contribution in [-0.4, -0.2) is 30.3 Å². The average Bonchev–Trinajstić information content (AvgIpc) is 3.19. The van der Waals surface area contributed by atoms with Crippen LogP contribution < -0.4 is 10.6 Å². The van der Waals surface area contributed by atoms with Crippen molar-refractivity contribution in [1.82, 2.24) is 10.3 Å². The molecule has 0 aliphatic carbocycles. The van der Waals surface area contributed by atoms with Gasteiger partial charge in [0.2, 0.25) is 0 Å². The van der Waals surface area contributed by atoms with Crippen LogP contribution in [0.15, 0.2) is 29.8 Å². The van der Waals surface area contributed by atoms with Crippen molar-refractivity contribution in [1.29, 1.82) is 0 Å². The molecule has 1 aliphatic heterocycles. The Kier molecular flexibility index (Phi) is 4.93. The van der Waals surface area contributed by atoms with Crippen molar-refractivity contribution < 1.29 is 9.53 Å². The molecule has 1 fully saturated rings. The third-order valence-electron chi connectivity index (χ3n) is 4.11. The fourth-order valence-electron chi connectivity index (χ4n) is 2.73. The summed E-state index contributed by atoms with van der Waals surface area (Å²) in [6, 6.07) is 7.92. The molecule has 2 heterocycles. The molecule has 2 atom stereocenters. The van der Waals surface area contributed by atoms with E-state index in [1.165, 1.54) is 10.4 Å². The van der Waals surface area contributed by atoms with Crippen LogP contribution >= 0.6 is 11.3 Å². The largest absolute Gasteiger partial charge is 0.379 e. The lowest BCUT2D eigenvalue weighted by Gasteiger charge is -2.14. The number of anilines is 1. The van der Waals surface area contributed by atoms with Crippen molar-refractivity contribution >= 4 is 23.1 Å². The summed E-state index contributed by atoms with van der Waals surface area (Å²) in [6.45, 7) is 5.53. The Bertz CT molecular complexity index is 663. The van der Waals surface area contributed by atoms with E-state index in [4.69, 9.17) is 4.74 Å². The van der Waals surface area contributed by atoms with E-state index >= 15 is 0 Å². The number of nitrogens with zero attached hydrogens (tertiary/aromatic N) is 1. The highest BCUT2D eigenvalue weighted by Gasteiger charge is 2.18. The van der Waals surface area contributed by atoms with Gasteiger partial charge in [0, 0.05) is 23.1 Å². The monoisotopic (exact) mass is 331 g/mol. The molecule has 1 aromatic heterocycles. The van der Waals surface area contributed by atoms with E-state index in [2.05, 4.69) is 34.7 Å². The number of aromatic nitrogens is 1. The predicted octanol–water partition coefficient (Wildman–Crippen LogP) is 3.51. The first-order valence-corrected chi connectivity index (χ1v) is 8.66. The van der Waals surface area contributed by atoms with Crippen LogP contribution in [0.3, 0.4) is 0 Å². The third-order valence-corrected chi connectivity index (χ3v) is 5.22. The zero-order valence-electron chi connectivity index (χ0n) is 13.3. The molecule has 0 spiro atoms. The van der Waals surface area contributed by atoms with E-state index in [-0.39, 0.29) is 12.1 Å². The zero-order chi connectivity index (χ0) is 16.2. The summed E-state index contributed by atoms with van der Waals surface area (Å²) in [6.07, 6.45) is 0.873. The van der Waals surface area contributed by atoms with Crippen molar-refractivity contribution in [2.24, 2.45) is 0 Å². The second-order valence-corrected chi connectivity index (χ2v) is 6.69. The van der Waals surface area contributed by atoms with Gasteiger partial charge < -0.3 is 15.4 Å². The lowest BCUT2D eigenvalue weighted by atomic mass is 9.98. The summed E-state index contributed by atoms with van der Waals surface area (Å²) in [7, 11) is 0. The van der Waals surface area contributed by atoms with Gasteiger partial charge in [0.1, 0.15) is 0 Å². The molecule has 23 heavy (non-hydrogen) atoms. The summed E-state index contributed by atoms with van der Waals surface area (Å²) in [5.74, 6) is 0.306. The summed E-state index contributed by atoms with van der Waals surface area (Å²) in [5.41, 5.74) is 4.97. The van der Waals surface area contributed by atoms with Crippen LogP contribution in [0.1, 0.15) is 35.4 Å². The second-order valence-electron chi connectivity index (χ2n) is 5.80. The van der Waals surface area contributed by atoms with Crippen LogP contribution in [0.5, 0.6) is 0 Å². The van der Waals surface area contributed by atoms with Gasteiger partial charge in [0.25, 0.3) is 0 Å². The van der Waals surface area contributed by atoms with Gasteiger partial charge in [-0.2, -0.15) is 0 Å². The van der Waals surface area contributed by atoms with E-state index in [1.807, 2.05) is 24.6 Å². The molecule has 1 saturated heterocycles. The molecule has 1 aliphatic rings. The molecule has 1 unspecified atom stereocenters. The van der Waals surface area contributed by atoms with E-state index in [1.54, 1.807) is 11.3 Å². The van der Waals surface area contributed by atoms with Crippen molar-refractivity contribution in [2.45, 2.75) is 32.2 Å². The number of carbonyl (C=O) groups is 1. The molecular formula is C17H21N3O2S. The van der Waals surface area contributed by atoms with Crippen molar-refractivity contribution in [3.05, 3.63) is 45.9 Å². The van der Waals surface area contributed by atoms with Gasteiger partial charge in [0.05, 0.1) is 23.9 Å². The first kappa shape index (κ1) is 16.0. The second kappa shape index (κ2) is 7.10. The molecule has 3 rings (SSSR count). The van der Waals surface area contributed by atoms with E-state index in [9.17, 15) is 4.79 Å². The van der Waals surface area contributed by atoms with Gasteiger partial charge in [0.15, 0.2) is 0 Å². The first-order valence-electron chi connectivity index (χ1n) is 7.78. The lowest BCUT2D eigenvalue weighted by molar-refractivity contribution is 0.189. The average molecular weight is 331 g/mol. The number of nitrogens with one attached hydrogen (secondary N) is 2. The van der Waals surface area contributed by atoms with Crippen LogP contribution in [0.4, 0.5) is 10.5 Å². The molecule has 0 bridgehead atoms. The maximum Gasteiger partial charge on any atom is 0.319 e. The highest BCUT2D eigenvalue weighted by atomic mass is 32.1. The van der Waals surface area contributed by atoms with Gasteiger partial charge in [-0.15, -0.1) is 11.3 Å². The molecule has 1 aromatic carbocycles. The minimum Gasteiger partial charge on any atom is -0.379 e. The van der Waals surface area contributed by atoms with Gasteiger partial charge in [-0.05, 0) is 31.0 Å². The molecule has 2 amide bonds. The van der Waals surface area contributed by atoms with Crippen LogP contribution in [0, 0.1) is 6.92 Å². The number of ether oxygens (including phenoxy) is 1. The summed E-state index contributed by atoms with van der Waals surface area (Å²) < 4.78 is 5.25. The topological polar surface area (TPSA) is 63.2 Å². The number of amides is 2. The van der Waals surface area contributed by atoms with E-state index in [0.29, 0.717) is 19.1 Å². The van der Waals surface area contributed by atoms with Crippen molar-refractivity contribution in [2.75, 3.05) is 18.5 Å². The molecule has 2 aromatic rings. The fraction of sp³-hybridized carbons (Fsp3) is 0.412. The Balaban J connectivity index is 1.60. The molecule has 2 N–H and O–H groups in total. The minimum atomic E-state index is -0.181. The predicted molar refractivity (Wildman–Crippen MR) is 92.2 cm³/mol. The van der Waals surface area contributed by atoms with Crippen molar-refractivity contribution in [3.63, 3.8) is 0 Å². The Morgan fingerprint density at radius 2 is 2.17 bits per heavy atom. The lowest BCUT2D eigenvalue weighted by Crippen LogP contribution is -2.38. The molecule has 0 saturated carbocycles. The number of benzene rings is 1. The van der Waals surface area contributed by atoms with Gasteiger partial charge >= 0.3 is 6.03 Å². The Morgan fingerprint density at radius 3 is 2.78 bits per heavy atom. The smallest absolute Gasteiger partial charge is 0.319 e. The summed E-state index contributed by atoms with van der Waals surface area (Å²) >= 11 is 1.68. The van der Waals surface area contributed by atoms with Crippen LogP contribution in [0.25, 0.3) is 0 Å². The molecule has 0 radical (unpaired) electrons. The van der Waals surface area contributed by atoms with Gasteiger partial charge in [-0.25, -0.2) is 9.78 Å². The number of urea groups is 1. The fourth-order valence-corrected chi connectivity index (χ4v) is 3.62. The molecule has 122 valence electrons. The number of aryl methyl sites for hydroxylation is 1. The molecule has 5 nitrogen and oxygen atoms in total. The molecular weight excluding hydrogens is 310 g/mol. The van der Waals surface area contributed by atoms with Gasteiger partial charge in [-0.1, -0.05) is 19.1 Å². The summed E-state index contributed by atoms with van der Waals surface area (Å²) in [4.78, 5) is 17.5. The Hall–Kier alpha value is -1.92. The number of carbonyl (C=O) groups excluding carboxylic acids is 1. The number of hydrogen-bond donors (Lipinski definition) is 2. The number of thiazole rings is 1. The minimum absolute atomic E-state index is 0.114. The number of rotatable bonds is 4. The Labute approximate surface area is 140 Å². The molecule has 6 heteroatoms. The number of hydrogen-bond acceptors (Lipinski definition) is 4.